The van der Waals surface area contributed by atoms with Gasteiger partial charge >= 0.3 is 0 Å². The number of hydrogen-bond donors (Lipinski definition) is 2. The molecule has 6 nitrogen and oxygen atoms in total. The molecule has 0 bridgehead atoms. The number of rotatable bonds is 5. The van der Waals surface area contributed by atoms with E-state index in [0.717, 1.165) is 5.56 Å². The van der Waals surface area contributed by atoms with E-state index in [0.29, 0.717) is 29.0 Å². The first-order valence-corrected chi connectivity index (χ1v) is 7.67. The van der Waals surface area contributed by atoms with Gasteiger partial charge in [-0.15, -0.1) is 0 Å². The van der Waals surface area contributed by atoms with Crippen molar-refractivity contribution >= 4 is 29.0 Å². The standard InChI is InChI=1S/C17H15ClN4O2/c1-11-20-15(18)9-16(21-11)19-10-12-4-2-5-13(8-12)22-17(23)14-6-3-7-24-14/h2-9H,10H2,1H3,(H,22,23)(H,19,20,21). The van der Waals surface area contributed by atoms with E-state index >= 15 is 0 Å². The van der Waals surface area contributed by atoms with Crippen molar-refractivity contribution in [3.8, 4) is 0 Å². The van der Waals surface area contributed by atoms with Gasteiger partial charge in [0.1, 0.15) is 16.8 Å². The van der Waals surface area contributed by atoms with Crippen LogP contribution in [0.1, 0.15) is 21.9 Å². The number of nitrogens with one attached hydrogen (secondary N) is 2. The molecule has 1 amide bonds. The van der Waals surface area contributed by atoms with Crippen molar-refractivity contribution < 1.29 is 9.21 Å². The Labute approximate surface area is 143 Å². The Morgan fingerprint density at radius 2 is 2.08 bits per heavy atom. The molecule has 0 saturated heterocycles. The van der Waals surface area contributed by atoms with E-state index in [2.05, 4.69) is 20.6 Å². The molecule has 0 aliphatic carbocycles. The summed E-state index contributed by atoms with van der Waals surface area (Å²) in [5, 5.41) is 6.37. The first-order valence-electron chi connectivity index (χ1n) is 7.29. The first-order chi connectivity index (χ1) is 11.6. The molecule has 0 aliphatic heterocycles. The third-order valence-corrected chi connectivity index (χ3v) is 3.40. The molecule has 0 fully saturated rings. The minimum Gasteiger partial charge on any atom is -0.459 e. The molecule has 7 heteroatoms. The van der Waals surface area contributed by atoms with E-state index in [-0.39, 0.29) is 11.7 Å². The summed E-state index contributed by atoms with van der Waals surface area (Å²) >= 11 is 5.92. The Balaban J connectivity index is 1.65. The van der Waals surface area contributed by atoms with Crippen molar-refractivity contribution in [3.05, 3.63) is 71.0 Å². The van der Waals surface area contributed by atoms with Crippen molar-refractivity contribution in [2.75, 3.05) is 10.6 Å². The highest BCUT2D eigenvalue weighted by Gasteiger charge is 2.08. The Hall–Kier alpha value is -2.86. The Morgan fingerprint density at radius 1 is 1.21 bits per heavy atom. The molecule has 24 heavy (non-hydrogen) atoms. The van der Waals surface area contributed by atoms with Crippen LogP contribution in [-0.4, -0.2) is 15.9 Å². The van der Waals surface area contributed by atoms with Gasteiger partial charge in [-0.05, 0) is 36.8 Å². The topological polar surface area (TPSA) is 80.0 Å². The van der Waals surface area contributed by atoms with E-state index in [4.69, 9.17) is 16.0 Å². The molecule has 2 aromatic heterocycles. The summed E-state index contributed by atoms with van der Waals surface area (Å²) in [4.78, 5) is 20.3. The lowest BCUT2D eigenvalue weighted by Gasteiger charge is -2.09. The van der Waals surface area contributed by atoms with Crippen LogP contribution in [-0.2, 0) is 6.54 Å². The Kier molecular flexibility index (Phi) is 4.77. The molecular formula is C17H15ClN4O2. The van der Waals surface area contributed by atoms with Crippen molar-refractivity contribution in [1.82, 2.24) is 9.97 Å². The highest BCUT2D eigenvalue weighted by atomic mass is 35.5. The molecule has 2 heterocycles. The average Bonchev–Trinajstić information content (AvgIpc) is 3.07. The number of benzene rings is 1. The number of nitrogens with zero attached hydrogens (tertiary/aromatic N) is 2. The number of anilines is 2. The van der Waals surface area contributed by atoms with Crippen LogP contribution in [0.5, 0.6) is 0 Å². The van der Waals surface area contributed by atoms with Gasteiger partial charge in [-0.25, -0.2) is 9.97 Å². The van der Waals surface area contributed by atoms with Crippen molar-refractivity contribution in [2.24, 2.45) is 0 Å². The predicted octanol–water partition coefficient (Wildman–Crippen LogP) is 3.90. The van der Waals surface area contributed by atoms with Crippen LogP contribution in [0.15, 0.2) is 53.1 Å². The Morgan fingerprint density at radius 3 is 2.83 bits per heavy atom. The number of carbonyl (C=O) groups is 1. The number of furan rings is 1. The largest absolute Gasteiger partial charge is 0.459 e. The zero-order valence-corrected chi connectivity index (χ0v) is 13.7. The summed E-state index contributed by atoms with van der Waals surface area (Å²) in [7, 11) is 0. The second-order valence-electron chi connectivity index (χ2n) is 5.11. The lowest BCUT2D eigenvalue weighted by molar-refractivity contribution is 0.0996. The van der Waals surface area contributed by atoms with Crippen LogP contribution in [0, 0.1) is 6.92 Å². The van der Waals surface area contributed by atoms with Gasteiger partial charge in [-0.3, -0.25) is 4.79 Å². The maximum atomic E-state index is 12.0. The van der Waals surface area contributed by atoms with E-state index in [1.54, 1.807) is 25.1 Å². The molecular weight excluding hydrogens is 328 g/mol. The van der Waals surface area contributed by atoms with Gasteiger partial charge in [0.25, 0.3) is 5.91 Å². The third kappa shape index (κ3) is 4.11. The number of halogens is 1. The van der Waals surface area contributed by atoms with Crippen molar-refractivity contribution in [1.29, 1.82) is 0 Å². The SMILES string of the molecule is Cc1nc(Cl)cc(NCc2cccc(NC(=O)c3ccco3)c2)n1. The summed E-state index contributed by atoms with van der Waals surface area (Å²) < 4.78 is 5.07. The van der Waals surface area contributed by atoms with Crippen LogP contribution in [0.25, 0.3) is 0 Å². The number of aryl methyl sites for hydroxylation is 1. The average molecular weight is 343 g/mol. The normalized spacial score (nSPS) is 10.4. The van der Waals surface area contributed by atoms with Gasteiger partial charge in [-0.2, -0.15) is 0 Å². The van der Waals surface area contributed by atoms with Crippen molar-refractivity contribution in [3.63, 3.8) is 0 Å². The third-order valence-electron chi connectivity index (χ3n) is 3.21. The quantitative estimate of drug-likeness (QED) is 0.687. The summed E-state index contributed by atoms with van der Waals surface area (Å²) in [6, 6.07) is 12.5. The minimum absolute atomic E-state index is 0.268. The molecule has 0 atom stereocenters. The minimum atomic E-state index is -0.289. The van der Waals surface area contributed by atoms with E-state index < -0.39 is 0 Å². The van der Waals surface area contributed by atoms with Crippen LogP contribution in [0.2, 0.25) is 5.15 Å². The molecule has 3 aromatic rings. The van der Waals surface area contributed by atoms with Gasteiger partial charge in [0, 0.05) is 18.3 Å². The first kappa shape index (κ1) is 16.0. The van der Waals surface area contributed by atoms with Crippen molar-refractivity contribution in [2.45, 2.75) is 13.5 Å². The van der Waals surface area contributed by atoms with Gasteiger partial charge in [-0.1, -0.05) is 23.7 Å². The monoisotopic (exact) mass is 342 g/mol. The van der Waals surface area contributed by atoms with Crippen LogP contribution >= 0.6 is 11.6 Å². The Bertz CT molecular complexity index is 829. The molecule has 122 valence electrons. The second kappa shape index (κ2) is 7.14. The molecule has 1 aromatic carbocycles. The fourth-order valence-electron chi connectivity index (χ4n) is 2.17. The van der Waals surface area contributed by atoms with Gasteiger partial charge in [0.15, 0.2) is 5.76 Å². The van der Waals surface area contributed by atoms with Crippen LogP contribution < -0.4 is 10.6 Å². The lowest BCUT2D eigenvalue weighted by Crippen LogP contribution is -2.11. The fourth-order valence-corrected chi connectivity index (χ4v) is 2.40. The van der Waals surface area contributed by atoms with Gasteiger partial charge in [0.2, 0.25) is 0 Å². The van der Waals surface area contributed by atoms with E-state index in [1.807, 2.05) is 24.3 Å². The summed E-state index contributed by atoms with van der Waals surface area (Å²) in [6.45, 7) is 2.32. The predicted molar refractivity (Wildman–Crippen MR) is 92.2 cm³/mol. The van der Waals surface area contributed by atoms with Gasteiger partial charge in [0.05, 0.1) is 6.26 Å². The fraction of sp³-hybridized carbons (Fsp3) is 0.118. The zero-order valence-electron chi connectivity index (χ0n) is 12.9. The molecule has 3 rings (SSSR count). The molecule has 0 spiro atoms. The van der Waals surface area contributed by atoms with Crippen LogP contribution in [0.4, 0.5) is 11.5 Å². The molecule has 0 radical (unpaired) electrons. The zero-order chi connectivity index (χ0) is 16.9. The molecule has 0 unspecified atom stereocenters. The summed E-state index contributed by atoms with van der Waals surface area (Å²) in [5.74, 6) is 1.23. The number of carbonyl (C=O) groups excluding carboxylic acids is 1. The molecule has 2 N–H and O–H groups in total. The van der Waals surface area contributed by atoms with Gasteiger partial charge < -0.3 is 15.1 Å². The number of hydrogen-bond acceptors (Lipinski definition) is 5. The smallest absolute Gasteiger partial charge is 0.291 e. The lowest BCUT2D eigenvalue weighted by atomic mass is 10.2. The number of amides is 1. The van der Waals surface area contributed by atoms with E-state index in [9.17, 15) is 4.79 Å². The maximum absolute atomic E-state index is 12.0. The highest BCUT2D eigenvalue weighted by Crippen LogP contribution is 2.15. The summed E-state index contributed by atoms with van der Waals surface area (Å²) in [5.41, 5.74) is 1.67. The van der Waals surface area contributed by atoms with E-state index in [1.165, 1.54) is 6.26 Å². The molecule has 0 saturated carbocycles. The summed E-state index contributed by atoms with van der Waals surface area (Å²) in [6.07, 6.45) is 1.46. The number of aromatic nitrogens is 2. The maximum Gasteiger partial charge on any atom is 0.291 e. The second-order valence-corrected chi connectivity index (χ2v) is 5.50. The van der Waals surface area contributed by atoms with Crippen LogP contribution in [0.3, 0.4) is 0 Å². The molecule has 0 aliphatic rings. The highest BCUT2D eigenvalue weighted by molar-refractivity contribution is 6.29.